The summed E-state index contributed by atoms with van der Waals surface area (Å²) in [7, 11) is 0. The second kappa shape index (κ2) is 10.8. The van der Waals surface area contributed by atoms with E-state index in [1.165, 1.54) is 11.1 Å². The molecule has 2 aromatic rings. The van der Waals surface area contributed by atoms with Gasteiger partial charge in [-0.05, 0) is 35.1 Å². The lowest BCUT2D eigenvalue weighted by atomic mass is 10.00. The van der Waals surface area contributed by atoms with E-state index in [1.54, 1.807) is 9.80 Å². The van der Waals surface area contributed by atoms with Crippen molar-refractivity contribution in [2.75, 3.05) is 26.3 Å². The Balaban J connectivity index is 1.16. The van der Waals surface area contributed by atoms with Crippen LogP contribution in [-0.4, -0.2) is 59.9 Å². The minimum atomic E-state index is -0.832. The van der Waals surface area contributed by atoms with Crippen molar-refractivity contribution in [2.45, 2.75) is 25.9 Å². The molecule has 176 valence electrons. The third kappa shape index (κ3) is 5.89. The van der Waals surface area contributed by atoms with E-state index in [4.69, 9.17) is 9.47 Å². The average Bonchev–Trinajstić information content (AvgIpc) is 2.88. The molecule has 34 heavy (non-hydrogen) atoms. The molecule has 2 aromatic carbocycles. The molecule has 2 aliphatic heterocycles. The van der Waals surface area contributed by atoms with E-state index in [-0.39, 0.29) is 11.8 Å². The number of carbonyl (C=O) groups excluding carboxylic acids is 4. The molecule has 0 saturated heterocycles. The molecule has 0 radical (unpaired) electrons. The number of hydrogen-bond acceptors (Lipinski definition) is 6. The monoisotopic (exact) mass is 462 g/mol. The zero-order valence-electron chi connectivity index (χ0n) is 18.8. The summed E-state index contributed by atoms with van der Waals surface area (Å²) in [4.78, 5) is 51.7. The first-order valence-electron chi connectivity index (χ1n) is 11.2. The summed E-state index contributed by atoms with van der Waals surface area (Å²) in [5.74, 6) is -2.26. The Hall–Kier alpha value is -3.94. The summed E-state index contributed by atoms with van der Waals surface area (Å²) in [5, 5.41) is 0. The van der Waals surface area contributed by atoms with Gasteiger partial charge in [0.25, 0.3) is 11.8 Å². The molecule has 2 aliphatic rings. The van der Waals surface area contributed by atoms with Crippen LogP contribution >= 0.6 is 0 Å². The number of ether oxygens (including phenoxy) is 2. The molecule has 0 fully saturated rings. The normalized spacial score (nSPS) is 14.8. The molecule has 0 N–H and O–H groups in total. The standard InChI is InChI=1S/C26H26N2O6/c29-23(27-13-11-19-5-1-3-7-21(19)15-27)17-33-25(31)9-10-26(32)34-18-24(30)28-14-12-20-6-2-4-8-22(20)16-28/h1-10H,11-18H2/b10-9+. The Bertz CT molecular complexity index is 1040. The van der Waals surface area contributed by atoms with Crippen molar-refractivity contribution < 1.29 is 28.7 Å². The molecule has 0 atom stereocenters. The highest BCUT2D eigenvalue weighted by Crippen LogP contribution is 2.19. The Morgan fingerprint density at radius 1 is 0.647 bits per heavy atom. The van der Waals surface area contributed by atoms with Crippen LogP contribution in [0.3, 0.4) is 0 Å². The van der Waals surface area contributed by atoms with Crippen molar-refractivity contribution in [1.82, 2.24) is 9.80 Å². The molecule has 2 heterocycles. The highest BCUT2D eigenvalue weighted by molar-refractivity contribution is 5.93. The largest absolute Gasteiger partial charge is 0.452 e. The number of benzene rings is 2. The highest BCUT2D eigenvalue weighted by atomic mass is 16.5. The minimum Gasteiger partial charge on any atom is -0.452 e. The van der Waals surface area contributed by atoms with Gasteiger partial charge in [0.2, 0.25) is 0 Å². The van der Waals surface area contributed by atoms with Crippen molar-refractivity contribution in [3.8, 4) is 0 Å². The van der Waals surface area contributed by atoms with E-state index in [1.807, 2.05) is 48.5 Å². The summed E-state index contributed by atoms with van der Waals surface area (Å²) in [6.07, 6.45) is 3.29. The minimum absolute atomic E-state index is 0.299. The maximum atomic E-state index is 12.3. The van der Waals surface area contributed by atoms with Gasteiger partial charge in [-0.3, -0.25) is 9.59 Å². The zero-order chi connectivity index (χ0) is 23.9. The van der Waals surface area contributed by atoms with E-state index in [2.05, 4.69) is 0 Å². The molecular weight excluding hydrogens is 436 g/mol. The van der Waals surface area contributed by atoms with Crippen molar-refractivity contribution in [3.63, 3.8) is 0 Å². The van der Waals surface area contributed by atoms with Crippen LogP contribution < -0.4 is 0 Å². The van der Waals surface area contributed by atoms with Crippen LogP contribution in [-0.2, 0) is 54.6 Å². The average molecular weight is 463 g/mol. The number of carbonyl (C=O) groups is 4. The molecular formula is C26H26N2O6. The Kier molecular flexibility index (Phi) is 7.37. The molecule has 0 aromatic heterocycles. The van der Waals surface area contributed by atoms with E-state index in [0.29, 0.717) is 26.2 Å². The number of hydrogen-bond donors (Lipinski definition) is 0. The van der Waals surface area contributed by atoms with Gasteiger partial charge in [-0.1, -0.05) is 48.5 Å². The lowest BCUT2D eigenvalue weighted by Gasteiger charge is -2.28. The van der Waals surface area contributed by atoms with Gasteiger partial charge in [0, 0.05) is 38.3 Å². The highest BCUT2D eigenvalue weighted by Gasteiger charge is 2.22. The third-order valence-electron chi connectivity index (χ3n) is 6.00. The number of esters is 2. The maximum absolute atomic E-state index is 12.3. The predicted molar refractivity (Wildman–Crippen MR) is 122 cm³/mol. The Morgan fingerprint density at radius 2 is 1.03 bits per heavy atom. The molecule has 8 nitrogen and oxygen atoms in total. The molecule has 0 spiro atoms. The van der Waals surface area contributed by atoms with E-state index in [9.17, 15) is 19.2 Å². The second-order valence-corrected chi connectivity index (χ2v) is 8.22. The van der Waals surface area contributed by atoms with Crippen molar-refractivity contribution in [1.29, 1.82) is 0 Å². The van der Waals surface area contributed by atoms with E-state index in [0.717, 1.165) is 36.1 Å². The second-order valence-electron chi connectivity index (χ2n) is 8.22. The fourth-order valence-corrected chi connectivity index (χ4v) is 4.10. The molecule has 0 bridgehead atoms. The van der Waals surface area contributed by atoms with Crippen LogP contribution in [0.4, 0.5) is 0 Å². The maximum Gasteiger partial charge on any atom is 0.331 e. The summed E-state index contributed by atoms with van der Waals surface area (Å²) in [5.41, 5.74) is 4.60. The van der Waals surface area contributed by atoms with Crippen molar-refractivity contribution in [3.05, 3.63) is 82.9 Å². The molecule has 0 aliphatic carbocycles. The predicted octanol–water partition coefficient (Wildman–Crippen LogP) is 1.80. The van der Waals surface area contributed by atoms with Crippen LogP contribution in [0.1, 0.15) is 22.3 Å². The summed E-state index contributed by atoms with van der Waals surface area (Å²) >= 11 is 0. The van der Waals surface area contributed by atoms with Crippen molar-refractivity contribution in [2.24, 2.45) is 0 Å². The SMILES string of the molecule is O=C(/C=C/C(=O)OCC(=O)N1CCc2ccccc2C1)OCC(=O)N1CCc2ccccc2C1. The van der Waals surface area contributed by atoms with Crippen LogP contribution in [0.15, 0.2) is 60.7 Å². The van der Waals surface area contributed by atoms with Crippen LogP contribution in [0.25, 0.3) is 0 Å². The number of nitrogens with zero attached hydrogens (tertiary/aromatic N) is 2. The first kappa shape index (κ1) is 23.2. The van der Waals surface area contributed by atoms with Gasteiger partial charge >= 0.3 is 11.9 Å². The van der Waals surface area contributed by atoms with Crippen LogP contribution in [0.5, 0.6) is 0 Å². The van der Waals surface area contributed by atoms with E-state index < -0.39 is 25.2 Å². The Morgan fingerprint density at radius 3 is 1.44 bits per heavy atom. The lowest BCUT2D eigenvalue weighted by molar-refractivity contribution is -0.149. The number of fused-ring (bicyclic) bond motifs is 2. The van der Waals surface area contributed by atoms with E-state index >= 15 is 0 Å². The van der Waals surface area contributed by atoms with Crippen molar-refractivity contribution >= 4 is 23.8 Å². The fraction of sp³-hybridized carbons (Fsp3) is 0.308. The molecule has 4 rings (SSSR count). The number of amides is 2. The van der Waals surface area contributed by atoms with Gasteiger partial charge in [-0.25, -0.2) is 9.59 Å². The van der Waals surface area contributed by atoms with Gasteiger partial charge in [-0.2, -0.15) is 0 Å². The fourth-order valence-electron chi connectivity index (χ4n) is 4.10. The first-order valence-corrected chi connectivity index (χ1v) is 11.2. The molecule has 0 unspecified atom stereocenters. The first-order chi connectivity index (χ1) is 16.5. The molecule has 0 saturated carbocycles. The van der Waals surface area contributed by atoms with Gasteiger partial charge in [0.1, 0.15) is 0 Å². The zero-order valence-corrected chi connectivity index (χ0v) is 18.8. The molecule has 8 heteroatoms. The summed E-state index contributed by atoms with van der Waals surface area (Å²) in [6, 6.07) is 15.8. The van der Waals surface area contributed by atoms with Gasteiger partial charge in [-0.15, -0.1) is 0 Å². The van der Waals surface area contributed by atoms with Crippen LogP contribution in [0, 0.1) is 0 Å². The molecule has 2 amide bonds. The van der Waals surface area contributed by atoms with Crippen LogP contribution in [0.2, 0.25) is 0 Å². The Labute approximate surface area is 197 Å². The summed E-state index contributed by atoms with van der Waals surface area (Å²) in [6.45, 7) is 1.26. The lowest BCUT2D eigenvalue weighted by Crippen LogP contribution is -2.38. The van der Waals surface area contributed by atoms with Gasteiger partial charge < -0.3 is 19.3 Å². The number of rotatable bonds is 6. The van der Waals surface area contributed by atoms with Gasteiger partial charge in [0.05, 0.1) is 0 Å². The topological polar surface area (TPSA) is 93.2 Å². The van der Waals surface area contributed by atoms with Gasteiger partial charge in [0.15, 0.2) is 13.2 Å². The summed E-state index contributed by atoms with van der Waals surface area (Å²) < 4.78 is 9.90. The quantitative estimate of drug-likeness (QED) is 0.480. The third-order valence-corrected chi connectivity index (χ3v) is 6.00. The smallest absolute Gasteiger partial charge is 0.331 e.